The second-order valence-electron chi connectivity index (χ2n) is 3.79. The molecule has 3 nitrogen and oxygen atoms in total. The number of nitrogens with one attached hydrogen (secondary N) is 1. The second-order valence-corrected chi connectivity index (χ2v) is 5.32. The second kappa shape index (κ2) is 7.16. The van der Waals surface area contributed by atoms with Crippen molar-refractivity contribution in [1.82, 2.24) is 4.98 Å². The highest BCUT2D eigenvalue weighted by Crippen LogP contribution is 2.21. The molecule has 19 heavy (non-hydrogen) atoms. The third-order valence-corrected chi connectivity index (χ3v) is 3.64. The Morgan fingerprint density at radius 1 is 1.21 bits per heavy atom. The van der Waals surface area contributed by atoms with Crippen molar-refractivity contribution in [3.05, 3.63) is 53.7 Å². The SMILES string of the molecule is O=C(CCSc1ccccn1)Nc1ccccc1Cl. The van der Waals surface area contributed by atoms with Gasteiger partial charge in [-0.25, -0.2) is 4.98 Å². The van der Waals surface area contributed by atoms with E-state index in [0.717, 1.165) is 5.03 Å². The highest BCUT2D eigenvalue weighted by atomic mass is 35.5. The van der Waals surface area contributed by atoms with Gasteiger partial charge in [0.05, 0.1) is 15.7 Å². The zero-order valence-corrected chi connectivity index (χ0v) is 11.7. The number of carbonyl (C=O) groups is 1. The van der Waals surface area contributed by atoms with Crippen molar-refractivity contribution in [2.24, 2.45) is 0 Å². The van der Waals surface area contributed by atoms with E-state index in [1.165, 1.54) is 0 Å². The van der Waals surface area contributed by atoms with E-state index >= 15 is 0 Å². The molecule has 0 atom stereocenters. The van der Waals surface area contributed by atoms with Crippen molar-refractivity contribution in [3.8, 4) is 0 Å². The van der Waals surface area contributed by atoms with Gasteiger partial charge in [0.1, 0.15) is 0 Å². The van der Waals surface area contributed by atoms with E-state index in [1.54, 1.807) is 30.1 Å². The van der Waals surface area contributed by atoms with Gasteiger partial charge in [-0.15, -0.1) is 11.8 Å². The number of nitrogens with zero attached hydrogens (tertiary/aromatic N) is 1. The van der Waals surface area contributed by atoms with Crippen LogP contribution in [-0.2, 0) is 4.79 Å². The maximum atomic E-state index is 11.8. The molecule has 1 aromatic carbocycles. The third kappa shape index (κ3) is 4.58. The Morgan fingerprint density at radius 3 is 2.74 bits per heavy atom. The summed E-state index contributed by atoms with van der Waals surface area (Å²) in [6.45, 7) is 0. The topological polar surface area (TPSA) is 42.0 Å². The molecular weight excluding hydrogens is 280 g/mol. The molecule has 0 spiro atoms. The summed E-state index contributed by atoms with van der Waals surface area (Å²) in [6.07, 6.45) is 2.17. The first kappa shape index (κ1) is 13.9. The molecule has 0 saturated heterocycles. The maximum absolute atomic E-state index is 11.8. The quantitative estimate of drug-likeness (QED) is 0.851. The number of anilines is 1. The molecule has 0 aliphatic rings. The Labute approximate surface area is 121 Å². The Bertz CT molecular complexity index is 548. The minimum atomic E-state index is -0.0449. The van der Waals surface area contributed by atoms with E-state index in [2.05, 4.69) is 10.3 Å². The van der Waals surface area contributed by atoms with E-state index in [9.17, 15) is 4.79 Å². The summed E-state index contributed by atoms with van der Waals surface area (Å²) < 4.78 is 0. The van der Waals surface area contributed by atoms with Crippen molar-refractivity contribution in [1.29, 1.82) is 0 Å². The van der Waals surface area contributed by atoms with E-state index < -0.39 is 0 Å². The van der Waals surface area contributed by atoms with Gasteiger partial charge in [0, 0.05) is 18.4 Å². The smallest absolute Gasteiger partial charge is 0.225 e. The molecule has 1 aromatic heterocycles. The minimum absolute atomic E-state index is 0.0449. The molecule has 2 aromatic rings. The average molecular weight is 293 g/mol. The summed E-state index contributed by atoms with van der Waals surface area (Å²) in [4.78, 5) is 15.9. The Balaban J connectivity index is 1.78. The van der Waals surface area contributed by atoms with E-state index in [1.807, 2.05) is 30.3 Å². The van der Waals surface area contributed by atoms with Crippen molar-refractivity contribution >= 4 is 35.0 Å². The highest BCUT2D eigenvalue weighted by molar-refractivity contribution is 7.99. The average Bonchev–Trinajstić information content (AvgIpc) is 2.43. The van der Waals surface area contributed by atoms with Crippen LogP contribution in [0.1, 0.15) is 6.42 Å². The van der Waals surface area contributed by atoms with Crippen molar-refractivity contribution in [3.63, 3.8) is 0 Å². The minimum Gasteiger partial charge on any atom is -0.325 e. The van der Waals surface area contributed by atoms with Gasteiger partial charge in [-0.05, 0) is 24.3 Å². The van der Waals surface area contributed by atoms with Gasteiger partial charge in [0.25, 0.3) is 0 Å². The number of halogens is 1. The predicted molar refractivity (Wildman–Crippen MR) is 79.7 cm³/mol. The number of benzene rings is 1. The number of para-hydroxylation sites is 1. The summed E-state index contributed by atoms with van der Waals surface area (Å²) in [5.41, 5.74) is 0.650. The Hall–Kier alpha value is -1.52. The largest absolute Gasteiger partial charge is 0.325 e. The Morgan fingerprint density at radius 2 is 2.00 bits per heavy atom. The fraction of sp³-hybridized carbons (Fsp3) is 0.143. The monoisotopic (exact) mass is 292 g/mol. The van der Waals surface area contributed by atoms with Crippen LogP contribution in [0.3, 0.4) is 0 Å². The van der Waals surface area contributed by atoms with Gasteiger partial charge in [-0.2, -0.15) is 0 Å². The van der Waals surface area contributed by atoms with Crippen molar-refractivity contribution in [2.75, 3.05) is 11.1 Å². The van der Waals surface area contributed by atoms with Crippen LogP contribution >= 0.6 is 23.4 Å². The van der Waals surface area contributed by atoms with Gasteiger partial charge in [0.2, 0.25) is 5.91 Å². The number of hydrogen-bond donors (Lipinski definition) is 1. The van der Waals surface area contributed by atoms with Gasteiger partial charge in [-0.3, -0.25) is 4.79 Å². The van der Waals surface area contributed by atoms with Crippen LogP contribution in [0.2, 0.25) is 5.02 Å². The van der Waals surface area contributed by atoms with Crippen LogP contribution in [-0.4, -0.2) is 16.6 Å². The van der Waals surface area contributed by atoms with Crippen molar-refractivity contribution in [2.45, 2.75) is 11.4 Å². The first-order chi connectivity index (χ1) is 9.25. The third-order valence-electron chi connectivity index (χ3n) is 2.36. The van der Waals surface area contributed by atoms with Gasteiger partial charge in [0.15, 0.2) is 0 Å². The predicted octanol–water partition coefficient (Wildman–Crippen LogP) is 3.86. The molecule has 1 amide bonds. The van der Waals surface area contributed by atoms with Crippen LogP contribution < -0.4 is 5.32 Å². The van der Waals surface area contributed by atoms with E-state index in [-0.39, 0.29) is 5.91 Å². The lowest BCUT2D eigenvalue weighted by atomic mass is 10.3. The summed E-state index contributed by atoms with van der Waals surface area (Å²) in [6, 6.07) is 12.9. The number of aromatic nitrogens is 1. The number of hydrogen-bond acceptors (Lipinski definition) is 3. The van der Waals surface area contributed by atoms with Crippen LogP contribution in [0.4, 0.5) is 5.69 Å². The molecule has 0 radical (unpaired) electrons. The Kier molecular flexibility index (Phi) is 5.24. The summed E-state index contributed by atoms with van der Waals surface area (Å²) >= 11 is 7.53. The number of carbonyl (C=O) groups excluding carboxylic acids is 1. The molecule has 98 valence electrons. The zero-order chi connectivity index (χ0) is 13.5. The van der Waals surface area contributed by atoms with E-state index in [0.29, 0.717) is 22.9 Å². The molecule has 0 fully saturated rings. The molecule has 2 rings (SSSR count). The molecule has 5 heteroatoms. The first-order valence-corrected chi connectivity index (χ1v) is 7.20. The van der Waals surface area contributed by atoms with Crippen LogP contribution in [0.5, 0.6) is 0 Å². The molecule has 0 bridgehead atoms. The molecule has 0 unspecified atom stereocenters. The van der Waals surface area contributed by atoms with Crippen molar-refractivity contribution < 1.29 is 4.79 Å². The van der Waals surface area contributed by atoms with Gasteiger partial charge in [-0.1, -0.05) is 29.8 Å². The lowest BCUT2D eigenvalue weighted by molar-refractivity contribution is -0.115. The molecule has 0 aliphatic heterocycles. The fourth-order valence-corrected chi connectivity index (χ4v) is 2.45. The first-order valence-electron chi connectivity index (χ1n) is 5.84. The number of thioether (sulfide) groups is 1. The lowest BCUT2D eigenvalue weighted by Crippen LogP contribution is -2.12. The molecule has 0 saturated carbocycles. The molecule has 1 heterocycles. The maximum Gasteiger partial charge on any atom is 0.225 e. The lowest BCUT2D eigenvalue weighted by Gasteiger charge is -2.06. The zero-order valence-electron chi connectivity index (χ0n) is 10.2. The van der Waals surface area contributed by atoms with Crippen LogP contribution in [0, 0.1) is 0 Å². The molecular formula is C14H13ClN2OS. The number of rotatable bonds is 5. The number of amides is 1. The highest BCUT2D eigenvalue weighted by Gasteiger charge is 2.05. The fourth-order valence-electron chi connectivity index (χ4n) is 1.46. The van der Waals surface area contributed by atoms with Crippen LogP contribution in [0.15, 0.2) is 53.7 Å². The summed E-state index contributed by atoms with van der Waals surface area (Å²) in [5, 5.41) is 4.27. The van der Waals surface area contributed by atoms with Gasteiger partial charge >= 0.3 is 0 Å². The van der Waals surface area contributed by atoms with Crippen LogP contribution in [0.25, 0.3) is 0 Å². The van der Waals surface area contributed by atoms with Gasteiger partial charge < -0.3 is 5.32 Å². The van der Waals surface area contributed by atoms with E-state index in [4.69, 9.17) is 11.6 Å². The number of pyridine rings is 1. The normalized spacial score (nSPS) is 10.2. The standard InChI is InChI=1S/C14H13ClN2OS/c15-11-5-1-2-6-12(11)17-13(18)8-10-19-14-7-3-4-9-16-14/h1-7,9H,8,10H2,(H,17,18). The molecule has 1 N–H and O–H groups in total. The summed E-state index contributed by atoms with van der Waals surface area (Å²) in [5.74, 6) is 0.643. The summed E-state index contributed by atoms with van der Waals surface area (Å²) in [7, 11) is 0. The molecule has 0 aliphatic carbocycles.